The molecular weight excluding hydrogens is 404 g/mol. The van der Waals surface area contributed by atoms with Gasteiger partial charge < -0.3 is 4.90 Å². The van der Waals surface area contributed by atoms with Crippen molar-refractivity contribution in [2.24, 2.45) is 5.41 Å². The van der Waals surface area contributed by atoms with Crippen LogP contribution in [-0.4, -0.2) is 27.3 Å². The summed E-state index contributed by atoms with van der Waals surface area (Å²) in [7, 11) is 0. The molecule has 2 aliphatic carbocycles. The van der Waals surface area contributed by atoms with Gasteiger partial charge in [-0.1, -0.05) is 39.0 Å². The quantitative estimate of drug-likeness (QED) is 0.444. The molecule has 2 atom stereocenters. The van der Waals surface area contributed by atoms with Crippen molar-refractivity contribution < 1.29 is 9.72 Å². The lowest BCUT2D eigenvalue weighted by Crippen LogP contribution is -2.52. The van der Waals surface area contributed by atoms with Crippen molar-refractivity contribution >= 4 is 28.3 Å². The maximum atomic E-state index is 14.4. The fraction of sp³-hybridized carbons (Fsp3) is 0.400. The molecule has 2 bridgehead atoms. The molecular formula is C25H24N4O3. The minimum atomic E-state index is -0.805. The third-order valence-electron chi connectivity index (χ3n) is 8.73. The van der Waals surface area contributed by atoms with Gasteiger partial charge in [-0.3, -0.25) is 14.9 Å². The van der Waals surface area contributed by atoms with Gasteiger partial charge in [0.2, 0.25) is 5.91 Å². The molecule has 1 saturated carbocycles. The Balaban J connectivity index is 1.59. The molecule has 0 radical (unpaired) electrons. The fourth-order valence-electron chi connectivity index (χ4n) is 6.46. The molecule has 1 aliphatic heterocycles. The number of rotatable bonds is 2. The van der Waals surface area contributed by atoms with Crippen LogP contribution in [-0.2, 0) is 22.0 Å². The van der Waals surface area contributed by atoms with Gasteiger partial charge in [0.15, 0.2) is 0 Å². The second-order valence-corrected chi connectivity index (χ2v) is 10.0. The van der Waals surface area contributed by atoms with Crippen LogP contribution in [0.3, 0.4) is 0 Å². The summed E-state index contributed by atoms with van der Waals surface area (Å²) in [5, 5.41) is 11.3. The lowest BCUT2D eigenvalue weighted by molar-refractivity contribution is -0.384. The Morgan fingerprint density at radius 1 is 1.03 bits per heavy atom. The van der Waals surface area contributed by atoms with E-state index in [0.29, 0.717) is 29.7 Å². The predicted molar refractivity (Wildman–Crippen MR) is 121 cm³/mol. The number of benzene rings is 2. The second-order valence-electron chi connectivity index (χ2n) is 10.0. The standard InChI is InChI=1S/C25H24N4O3/c1-23(2)24(3)11-12-25(23,22(30)28-13-10-15-6-4-5-7-19(15)28)21-20(24)26-17-9-8-16(29(31)32)14-18(17)27-21/h4-9,14H,10-13H2,1-3H3. The number of para-hydroxylation sites is 1. The second kappa shape index (κ2) is 5.91. The Labute approximate surface area is 185 Å². The Bertz CT molecular complexity index is 1350. The smallest absolute Gasteiger partial charge is 0.271 e. The molecule has 162 valence electrons. The van der Waals surface area contributed by atoms with Gasteiger partial charge in [0.1, 0.15) is 0 Å². The van der Waals surface area contributed by atoms with Gasteiger partial charge in [-0.15, -0.1) is 0 Å². The zero-order valence-electron chi connectivity index (χ0n) is 18.4. The molecule has 3 aromatic rings. The molecule has 2 unspecified atom stereocenters. The molecule has 7 nitrogen and oxygen atoms in total. The predicted octanol–water partition coefficient (Wildman–Crippen LogP) is 4.46. The van der Waals surface area contributed by atoms with Crippen molar-refractivity contribution in [3.63, 3.8) is 0 Å². The molecule has 0 spiro atoms. The minimum Gasteiger partial charge on any atom is -0.311 e. The van der Waals surface area contributed by atoms with E-state index in [2.05, 4.69) is 26.8 Å². The van der Waals surface area contributed by atoms with E-state index >= 15 is 0 Å². The first-order valence-corrected chi connectivity index (χ1v) is 11.1. The largest absolute Gasteiger partial charge is 0.311 e. The first kappa shape index (κ1) is 19.3. The number of hydrogen-bond acceptors (Lipinski definition) is 5. The number of nitro benzene ring substituents is 1. The number of carbonyl (C=O) groups is 1. The lowest BCUT2D eigenvalue weighted by Gasteiger charge is -2.41. The number of aromatic nitrogens is 2. The van der Waals surface area contributed by atoms with Crippen LogP contribution < -0.4 is 4.90 Å². The number of non-ortho nitro benzene ring substituents is 1. The van der Waals surface area contributed by atoms with Crippen molar-refractivity contribution in [3.8, 4) is 0 Å². The van der Waals surface area contributed by atoms with Gasteiger partial charge in [0, 0.05) is 29.8 Å². The molecule has 1 fully saturated rings. The Kier molecular flexibility index (Phi) is 3.57. The number of amides is 1. The van der Waals surface area contributed by atoms with Crippen molar-refractivity contribution in [3.05, 3.63) is 69.5 Å². The van der Waals surface area contributed by atoms with E-state index in [9.17, 15) is 14.9 Å². The van der Waals surface area contributed by atoms with Gasteiger partial charge in [0.05, 0.1) is 32.8 Å². The summed E-state index contributed by atoms with van der Waals surface area (Å²) in [5.41, 5.74) is 3.35. The average Bonchev–Trinajstić information content (AvgIpc) is 3.34. The van der Waals surface area contributed by atoms with Gasteiger partial charge >= 0.3 is 0 Å². The fourth-order valence-corrected chi connectivity index (χ4v) is 6.46. The normalized spacial score (nSPS) is 26.9. The number of carbonyl (C=O) groups excluding carboxylic acids is 1. The summed E-state index contributed by atoms with van der Waals surface area (Å²) in [5.74, 6) is 0.0778. The Morgan fingerprint density at radius 3 is 2.56 bits per heavy atom. The van der Waals surface area contributed by atoms with Gasteiger partial charge in [-0.25, -0.2) is 9.97 Å². The van der Waals surface area contributed by atoms with Gasteiger partial charge in [-0.05, 0) is 42.4 Å². The third kappa shape index (κ3) is 2.04. The first-order valence-electron chi connectivity index (χ1n) is 11.1. The van der Waals surface area contributed by atoms with Crippen LogP contribution in [0.2, 0.25) is 0 Å². The summed E-state index contributed by atoms with van der Waals surface area (Å²) in [6.45, 7) is 7.18. The topological polar surface area (TPSA) is 89.2 Å². The summed E-state index contributed by atoms with van der Waals surface area (Å²) < 4.78 is 0. The van der Waals surface area contributed by atoms with E-state index < -0.39 is 10.3 Å². The molecule has 1 aromatic heterocycles. The molecule has 2 aromatic carbocycles. The lowest BCUT2D eigenvalue weighted by atomic mass is 9.63. The van der Waals surface area contributed by atoms with Crippen LogP contribution in [0.4, 0.5) is 11.4 Å². The maximum absolute atomic E-state index is 14.4. The van der Waals surface area contributed by atoms with Gasteiger partial charge in [0.25, 0.3) is 5.69 Å². The molecule has 0 N–H and O–H groups in total. The molecule has 2 heterocycles. The van der Waals surface area contributed by atoms with Crippen LogP contribution in [0, 0.1) is 15.5 Å². The summed E-state index contributed by atoms with van der Waals surface area (Å²) in [6, 6.07) is 12.7. The highest BCUT2D eigenvalue weighted by atomic mass is 16.6. The van der Waals surface area contributed by atoms with E-state index in [1.165, 1.54) is 17.7 Å². The van der Waals surface area contributed by atoms with E-state index in [0.717, 1.165) is 24.2 Å². The average molecular weight is 428 g/mol. The summed E-state index contributed by atoms with van der Waals surface area (Å²) in [4.78, 5) is 37.1. The van der Waals surface area contributed by atoms with E-state index in [-0.39, 0.29) is 22.4 Å². The van der Waals surface area contributed by atoms with Crippen LogP contribution in [0.5, 0.6) is 0 Å². The molecule has 6 rings (SSSR count). The van der Waals surface area contributed by atoms with Crippen LogP contribution in [0.25, 0.3) is 11.0 Å². The highest BCUT2D eigenvalue weighted by molar-refractivity contribution is 6.05. The Morgan fingerprint density at radius 2 is 1.78 bits per heavy atom. The highest BCUT2D eigenvalue weighted by Gasteiger charge is 2.73. The first-order chi connectivity index (χ1) is 15.2. The Hall–Kier alpha value is -3.35. The molecule has 0 saturated heterocycles. The SMILES string of the molecule is CC12CCC(C(=O)N3CCc4ccccc43)(c3nc4cc([N+](=O)[O-])ccc4nc31)C2(C)C. The van der Waals surface area contributed by atoms with Crippen molar-refractivity contribution in [2.75, 3.05) is 11.4 Å². The number of fused-ring (bicyclic) bond motifs is 7. The van der Waals surface area contributed by atoms with Crippen molar-refractivity contribution in [1.82, 2.24) is 9.97 Å². The van der Waals surface area contributed by atoms with Crippen LogP contribution in [0.15, 0.2) is 42.5 Å². The maximum Gasteiger partial charge on any atom is 0.271 e. The van der Waals surface area contributed by atoms with Crippen LogP contribution >= 0.6 is 0 Å². The van der Waals surface area contributed by atoms with E-state index in [4.69, 9.17) is 9.97 Å². The zero-order chi connectivity index (χ0) is 22.5. The highest BCUT2D eigenvalue weighted by Crippen LogP contribution is 2.70. The summed E-state index contributed by atoms with van der Waals surface area (Å²) >= 11 is 0. The molecule has 1 amide bonds. The number of anilines is 1. The number of nitro groups is 1. The number of hydrogen-bond donors (Lipinski definition) is 0. The monoisotopic (exact) mass is 428 g/mol. The molecule has 7 heteroatoms. The van der Waals surface area contributed by atoms with Crippen LogP contribution in [0.1, 0.15) is 50.6 Å². The van der Waals surface area contributed by atoms with Crippen molar-refractivity contribution in [2.45, 2.75) is 50.9 Å². The molecule has 32 heavy (non-hydrogen) atoms. The minimum absolute atomic E-state index is 0.0192. The summed E-state index contributed by atoms with van der Waals surface area (Å²) in [6.07, 6.45) is 2.41. The zero-order valence-corrected chi connectivity index (χ0v) is 18.4. The van der Waals surface area contributed by atoms with Gasteiger partial charge in [-0.2, -0.15) is 0 Å². The van der Waals surface area contributed by atoms with E-state index in [1.54, 1.807) is 6.07 Å². The number of nitrogens with zero attached hydrogens (tertiary/aromatic N) is 4. The third-order valence-corrected chi connectivity index (χ3v) is 8.73. The van der Waals surface area contributed by atoms with E-state index in [1.807, 2.05) is 23.1 Å². The van der Waals surface area contributed by atoms with Crippen molar-refractivity contribution in [1.29, 1.82) is 0 Å². The molecule has 3 aliphatic rings.